The Bertz CT molecular complexity index is 690. The standard InChI is InChI=1S/C20H24F2N2OS/c1-3-14(2)13-23-16-6-4-15(5-7-16)12-19(25)24-17-8-10-18(11-9-17)26-20(21)22/h4-11,14,20,23H,3,12-13H2,1-2H3,(H,24,25). The van der Waals surface area contributed by atoms with E-state index in [2.05, 4.69) is 24.5 Å². The van der Waals surface area contributed by atoms with Crippen molar-refractivity contribution in [3.63, 3.8) is 0 Å². The summed E-state index contributed by atoms with van der Waals surface area (Å²) in [4.78, 5) is 12.6. The minimum absolute atomic E-state index is 0.139. The highest BCUT2D eigenvalue weighted by Crippen LogP contribution is 2.26. The first kappa shape index (κ1) is 20.2. The van der Waals surface area contributed by atoms with Crippen LogP contribution in [0, 0.1) is 5.92 Å². The summed E-state index contributed by atoms with van der Waals surface area (Å²) in [6, 6.07) is 14.2. The lowest BCUT2D eigenvalue weighted by atomic mass is 10.1. The Labute approximate surface area is 157 Å². The molecule has 0 heterocycles. The summed E-state index contributed by atoms with van der Waals surface area (Å²) in [6.07, 6.45) is 1.40. The van der Waals surface area contributed by atoms with Gasteiger partial charge in [0.1, 0.15) is 0 Å². The maximum Gasteiger partial charge on any atom is 0.288 e. The molecule has 3 nitrogen and oxygen atoms in total. The highest BCUT2D eigenvalue weighted by atomic mass is 32.2. The van der Waals surface area contributed by atoms with Crippen LogP contribution in [0.15, 0.2) is 53.4 Å². The number of thioether (sulfide) groups is 1. The molecule has 0 saturated heterocycles. The van der Waals surface area contributed by atoms with Crippen LogP contribution in [0.25, 0.3) is 0 Å². The molecule has 1 amide bonds. The predicted octanol–water partition coefficient (Wildman–Crippen LogP) is 5.64. The Morgan fingerprint density at radius 2 is 1.65 bits per heavy atom. The number of hydrogen-bond donors (Lipinski definition) is 2. The van der Waals surface area contributed by atoms with E-state index in [4.69, 9.17) is 0 Å². The van der Waals surface area contributed by atoms with E-state index in [9.17, 15) is 13.6 Å². The number of carbonyl (C=O) groups is 1. The number of carbonyl (C=O) groups excluding carboxylic acids is 1. The predicted molar refractivity (Wildman–Crippen MR) is 105 cm³/mol. The molecule has 0 saturated carbocycles. The molecular weight excluding hydrogens is 354 g/mol. The van der Waals surface area contributed by atoms with E-state index in [1.165, 1.54) is 0 Å². The molecule has 26 heavy (non-hydrogen) atoms. The van der Waals surface area contributed by atoms with Crippen molar-refractivity contribution in [2.45, 2.75) is 37.3 Å². The van der Waals surface area contributed by atoms with Gasteiger partial charge in [0.05, 0.1) is 6.42 Å². The molecule has 140 valence electrons. The van der Waals surface area contributed by atoms with Crippen LogP contribution in [0.1, 0.15) is 25.8 Å². The van der Waals surface area contributed by atoms with Gasteiger partial charge in [-0.2, -0.15) is 8.78 Å². The third kappa shape index (κ3) is 7.04. The lowest BCUT2D eigenvalue weighted by Crippen LogP contribution is -2.14. The van der Waals surface area contributed by atoms with Crippen molar-refractivity contribution >= 4 is 29.0 Å². The second-order valence-corrected chi connectivity index (χ2v) is 7.28. The van der Waals surface area contributed by atoms with Gasteiger partial charge >= 0.3 is 0 Å². The van der Waals surface area contributed by atoms with Crippen LogP contribution in [-0.2, 0) is 11.2 Å². The summed E-state index contributed by atoms with van der Waals surface area (Å²) in [7, 11) is 0. The van der Waals surface area contributed by atoms with E-state index in [1.807, 2.05) is 24.3 Å². The smallest absolute Gasteiger partial charge is 0.288 e. The molecule has 0 bridgehead atoms. The largest absolute Gasteiger partial charge is 0.385 e. The lowest BCUT2D eigenvalue weighted by molar-refractivity contribution is -0.115. The van der Waals surface area contributed by atoms with E-state index in [-0.39, 0.29) is 12.3 Å². The zero-order valence-corrected chi connectivity index (χ0v) is 15.8. The summed E-state index contributed by atoms with van der Waals surface area (Å²) in [5, 5.41) is 6.16. The SMILES string of the molecule is CCC(C)CNc1ccc(CC(=O)Nc2ccc(SC(F)F)cc2)cc1. The maximum atomic E-state index is 12.3. The van der Waals surface area contributed by atoms with E-state index in [0.717, 1.165) is 24.2 Å². The van der Waals surface area contributed by atoms with Gasteiger partial charge in [-0.25, -0.2) is 0 Å². The van der Waals surface area contributed by atoms with Gasteiger partial charge in [0.2, 0.25) is 5.91 Å². The highest BCUT2D eigenvalue weighted by molar-refractivity contribution is 7.99. The van der Waals surface area contributed by atoms with Crippen molar-refractivity contribution in [2.75, 3.05) is 17.2 Å². The monoisotopic (exact) mass is 378 g/mol. The number of amides is 1. The molecule has 0 aliphatic heterocycles. The topological polar surface area (TPSA) is 41.1 Å². The number of benzene rings is 2. The first-order chi connectivity index (χ1) is 12.5. The van der Waals surface area contributed by atoms with Crippen LogP contribution in [-0.4, -0.2) is 18.2 Å². The zero-order chi connectivity index (χ0) is 18.9. The minimum atomic E-state index is -2.45. The third-order valence-corrected chi connectivity index (χ3v) is 4.76. The van der Waals surface area contributed by atoms with Crippen molar-refractivity contribution in [1.29, 1.82) is 0 Å². The van der Waals surface area contributed by atoms with E-state index >= 15 is 0 Å². The second-order valence-electron chi connectivity index (χ2n) is 6.22. The molecule has 2 N–H and O–H groups in total. The molecule has 0 radical (unpaired) electrons. The van der Waals surface area contributed by atoms with Crippen LogP contribution >= 0.6 is 11.8 Å². The van der Waals surface area contributed by atoms with Gasteiger partial charge < -0.3 is 10.6 Å². The Kier molecular flexibility index (Phi) is 7.91. The number of hydrogen-bond acceptors (Lipinski definition) is 3. The Balaban J connectivity index is 1.83. The number of alkyl halides is 2. The van der Waals surface area contributed by atoms with Gasteiger partial charge in [0.25, 0.3) is 5.76 Å². The molecule has 0 spiro atoms. The van der Waals surface area contributed by atoms with Crippen LogP contribution in [0.5, 0.6) is 0 Å². The van der Waals surface area contributed by atoms with Gasteiger partial charge in [0.15, 0.2) is 0 Å². The zero-order valence-electron chi connectivity index (χ0n) is 15.0. The van der Waals surface area contributed by atoms with Crippen LogP contribution in [0.2, 0.25) is 0 Å². The first-order valence-corrected chi connectivity index (χ1v) is 9.51. The van der Waals surface area contributed by atoms with Gasteiger partial charge in [-0.1, -0.05) is 44.2 Å². The number of anilines is 2. The van der Waals surface area contributed by atoms with Gasteiger partial charge in [-0.15, -0.1) is 0 Å². The Hall–Kier alpha value is -2.08. The van der Waals surface area contributed by atoms with Crippen molar-refractivity contribution in [2.24, 2.45) is 5.92 Å². The van der Waals surface area contributed by atoms with Crippen LogP contribution in [0.3, 0.4) is 0 Å². The summed E-state index contributed by atoms with van der Waals surface area (Å²) >= 11 is 0.485. The molecule has 2 rings (SSSR count). The molecular formula is C20H24F2N2OS. The lowest BCUT2D eigenvalue weighted by Gasteiger charge is -2.12. The fourth-order valence-corrected chi connectivity index (χ4v) is 2.79. The number of nitrogens with one attached hydrogen (secondary N) is 2. The molecule has 1 atom stereocenters. The highest BCUT2D eigenvalue weighted by Gasteiger charge is 2.07. The average molecular weight is 378 g/mol. The second kappa shape index (κ2) is 10.2. The molecule has 0 aliphatic carbocycles. The normalized spacial score (nSPS) is 12.0. The van der Waals surface area contributed by atoms with Crippen molar-refractivity contribution in [3.8, 4) is 0 Å². The molecule has 6 heteroatoms. The fourth-order valence-electron chi connectivity index (χ4n) is 2.29. The summed E-state index contributed by atoms with van der Waals surface area (Å²) in [5.41, 5.74) is 2.56. The first-order valence-electron chi connectivity index (χ1n) is 8.63. The van der Waals surface area contributed by atoms with Crippen molar-refractivity contribution < 1.29 is 13.6 Å². The molecule has 1 unspecified atom stereocenters. The van der Waals surface area contributed by atoms with E-state index in [0.29, 0.717) is 28.3 Å². The molecule has 0 aromatic heterocycles. The number of rotatable bonds is 9. The van der Waals surface area contributed by atoms with Gasteiger partial charge in [-0.05, 0) is 47.9 Å². The quantitative estimate of drug-likeness (QED) is 0.555. The van der Waals surface area contributed by atoms with E-state index < -0.39 is 5.76 Å². The Morgan fingerprint density at radius 3 is 2.23 bits per heavy atom. The molecule has 2 aromatic carbocycles. The van der Waals surface area contributed by atoms with Crippen LogP contribution in [0.4, 0.5) is 20.2 Å². The number of halogens is 2. The average Bonchev–Trinajstić information content (AvgIpc) is 2.62. The third-order valence-electron chi connectivity index (χ3n) is 4.03. The Morgan fingerprint density at radius 1 is 1.04 bits per heavy atom. The van der Waals surface area contributed by atoms with Crippen molar-refractivity contribution in [3.05, 3.63) is 54.1 Å². The minimum Gasteiger partial charge on any atom is -0.385 e. The summed E-state index contributed by atoms with van der Waals surface area (Å²) < 4.78 is 24.6. The molecule has 0 aliphatic rings. The van der Waals surface area contributed by atoms with E-state index in [1.54, 1.807) is 24.3 Å². The van der Waals surface area contributed by atoms with Crippen molar-refractivity contribution in [1.82, 2.24) is 0 Å². The summed E-state index contributed by atoms with van der Waals surface area (Å²) in [6.45, 7) is 5.29. The van der Waals surface area contributed by atoms with Crippen LogP contribution < -0.4 is 10.6 Å². The van der Waals surface area contributed by atoms with Gasteiger partial charge in [0, 0.05) is 22.8 Å². The maximum absolute atomic E-state index is 12.3. The molecule has 0 fully saturated rings. The fraction of sp³-hybridized carbons (Fsp3) is 0.350. The molecule has 2 aromatic rings. The van der Waals surface area contributed by atoms with Gasteiger partial charge in [-0.3, -0.25) is 4.79 Å². The summed E-state index contributed by atoms with van der Waals surface area (Å²) in [5.74, 6) is -1.97.